The number of halogens is 1. The second kappa shape index (κ2) is 5.98. The highest BCUT2D eigenvalue weighted by Crippen LogP contribution is 2.34. The van der Waals surface area contributed by atoms with Gasteiger partial charge in [0.2, 0.25) is 0 Å². The number of tetrazole rings is 1. The number of rotatable bonds is 4. The molecule has 3 aromatic heterocycles. The number of H-pyrrole nitrogens is 1. The van der Waals surface area contributed by atoms with Crippen LogP contribution in [0.2, 0.25) is 5.02 Å². The molecule has 0 aromatic carbocycles. The molecule has 0 aliphatic heterocycles. The first-order chi connectivity index (χ1) is 10.6. The molecule has 3 heterocycles. The number of hydrogen-bond acceptors (Lipinski definition) is 6. The molecule has 0 fully saturated rings. The summed E-state index contributed by atoms with van der Waals surface area (Å²) in [5, 5.41) is 15.0. The van der Waals surface area contributed by atoms with Gasteiger partial charge >= 0.3 is 0 Å². The van der Waals surface area contributed by atoms with Crippen LogP contribution < -0.4 is 0 Å². The number of thiophene rings is 1. The Labute approximate surface area is 135 Å². The van der Waals surface area contributed by atoms with Crippen molar-refractivity contribution in [3.8, 4) is 0 Å². The number of carbonyl (C=O) groups excluding carboxylic acids is 1. The second-order valence-electron chi connectivity index (χ2n) is 4.90. The van der Waals surface area contributed by atoms with E-state index >= 15 is 0 Å². The van der Waals surface area contributed by atoms with Crippen LogP contribution in [0.1, 0.15) is 22.4 Å². The quantitative estimate of drug-likeness (QED) is 0.788. The van der Waals surface area contributed by atoms with Crippen molar-refractivity contribution in [2.45, 2.75) is 19.4 Å². The summed E-state index contributed by atoms with van der Waals surface area (Å²) in [6, 6.07) is 3.58. The first-order valence-electron chi connectivity index (χ1n) is 6.60. The summed E-state index contributed by atoms with van der Waals surface area (Å²) in [6.45, 7) is 1.92. The summed E-state index contributed by atoms with van der Waals surface area (Å²) in [7, 11) is 1.74. The average Bonchev–Trinajstić information content (AvgIpc) is 3.14. The first kappa shape index (κ1) is 14.9. The smallest absolute Gasteiger partial charge is 0.265 e. The van der Waals surface area contributed by atoms with Crippen LogP contribution in [0.5, 0.6) is 0 Å². The monoisotopic (exact) mass is 336 g/mol. The molecule has 1 atom stereocenters. The molecule has 9 heteroatoms. The maximum Gasteiger partial charge on any atom is 0.265 e. The third-order valence-electron chi connectivity index (χ3n) is 3.45. The third kappa shape index (κ3) is 2.67. The minimum Gasteiger partial charge on any atom is -0.338 e. The van der Waals surface area contributed by atoms with Crippen LogP contribution in [-0.4, -0.2) is 49.5 Å². The molecular formula is C13H13ClN6OS. The number of pyridine rings is 1. The fourth-order valence-corrected chi connectivity index (χ4v) is 3.49. The van der Waals surface area contributed by atoms with Crippen molar-refractivity contribution >= 4 is 39.1 Å². The zero-order valence-corrected chi connectivity index (χ0v) is 13.5. The number of carbonyl (C=O) groups is 1. The standard InChI is InChI=1S/C13H13ClN6OS/c1-7(6-9-16-18-19-17-9)20(2)13(21)11-10(14)8-4-3-5-15-12(8)22-11/h3-5,7H,6H2,1-2H3,(H,16,17,18,19). The van der Waals surface area contributed by atoms with Crippen molar-refractivity contribution < 1.29 is 4.79 Å². The number of nitrogens with one attached hydrogen (secondary N) is 1. The van der Waals surface area contributed by atoms with E-state index in [1.807, 2.05) is 13.0 Å². The molecule has 0 radical (unpaired) electrons. The highest BCUT2D eigenvalue weighted by Gasteiger charge is 2.24. The van der Waals surface area contributed by atoms with Gasteiger partial charge in [0, 0.05) is 31.1 Å². The first-order valence-corrected chi connectivity index (χ1v) is 7.80. The molecule has 0 saturated heterocycles. The molecule has 3 aromatic rings. The molecule has 1 N–H and O–H groups in total. The van der Waals surface area contributed by atoms with E-state index in [2.05, 4.69) is 25.6 Å². The molecule has 1 amide bonds. The molecule has 7 nitrogen and oxygen atoms in total. The van der Waals surface area contributed by atoms with Crippen LogP contribution in [0.25, 0.3) is 10.2 Å². The molecule has 3 rings (SSSR count). The van der Waals surface area contributed by atoms with Gasteiger partial charge in [-0.05, 0) is 19.1 Å². The molecule has 0 bridgehead atoms. The molecule has 114 valence electrons. The van der Waals surface area contributed by atoms with E-state index < -0.39 is 0 Å². The van der Waals surface area contributed by atoms with Crippen LogP contribution in [0.4, 0.5) is 0 Å². The van der Waals surface area contributed by atoms with Gasteiger partial charge in [0.1, 0.15) is 9.71 Å². The number of fused-ring (bicyclic) bond motifs is 1. The third-order valence-corrected chi connectivity index (χ3v) is 5.05. The Bertz CT molecular complexity index is 802. The number of nitrogens with zero attached hydrogens (tertiary/aromatic N) is 5. The van der Waals surface area contributed by atoms with Gasteiger partial charge in [-0.25, -0.2) is 4.98 Å². The highest BCUT2D eigenvalue weighted by atomic mass is 35.5. The summed E-state index contributed by atoms with van der Waals surface area (Å²) in [5.74, 6) is 0.431. The lowest BCUT2D eigenvalue weighted by Gasteiger charge is -2.23. The summed E-state index contributed by atoms with van der Waals surface area (Å²) >= 11 is 7.63. The Morgan fingerprint density at radius 3 is 3.05 bits per heavy atom. The van der Waals surface area contributed by atoms with E-state index in [1.54, 1.807) is 24.2 Å². The van der Waals surface area contributed by atoms with Gasteiger partial charge < -0.3 is 4.90 Å². The largest absolute Gasteiger partial charge is 0.338 e. The molecule has 0 saturated carbocycles. The minimum absolute atomic E-state index is 0.0839. The van der Waals surface area contributed by atoms with Gasteiger partial charge in [0.05, 0.1) is 5.02 Å². The minimum atomic E-state index is -0.135. The predicted molar refractivity (Wildman–Crippen MR) is 84.1 cm³/mol. The number of aromatic nitrogens is 5. The van der Waals surface area contributed by atoms with Crippen molar-refractivity contribution in [2.24, 2.45) is 0 Å². The van der Waals surface area contributed by atoms with Crippen molar-refractivity contribution in [3.63, 3.8) is 0 Å². The van der Waals surface area contributed by atoms with Crippen LogP contribution in [0, 0.1) is 0 Å². The van der Waals surface area contributed by atoms with E-state index in [0.29, 0.717) is 22.1 Å². The topological polar surface area (TPSA) is 87.7 Å². The van der Waals surface area contributed by atoms with E-state index in [1.165, 1.54) is 11.3 Å². The Balaban J connectivity index is 1.83. The lowest BCUT2D eigenvalue weighted by molar-refractivity contribution is 0.0747. The van der Waals surface area contributed by atoms with Crippen LogP contribution in [0.15, 0.2) is 18.3 Å². The van der Waals surface area contributed by atoms with E-state index in [0.717, 1.165) is 10.2 Å². The molecular weight excluding hydrogens is 324 g/mol. The van der Waals surface area contributed by atoms with Gasteiger partial charge in [-0.2, -0.15) is 5.21 Å². The van der Waals surface area contributed by atoms with Crippen LogP contribution >= 0.6 is 22.9 Å². The summed E-state index contributed by atoms with van der Waals surface area (Å²) in [4.78, 5) is 19.8. The average molecular weight is 337 g/mol. The summed E-state index contributed by atoms with van der Waals surface area (Å²) < 4.78 is 0. The Hall–Kier alpha value is -2.06. The van der Waals surface area contributed by atoms with Gasteiger partial charge in [0.25, 0.3) is 5.91 Å². The van der Waals surface area contributed by atoms with Crippen LogP contribution in [-0.2, 0) is 6.42 Å². The molecule has 22 heavy (non-hydrogen) atoms. The van der Waals surface area contributed by atoms with Crippen molar-refractivity contribution in [1.82, 2.24) is 30.5 Å². The van der Waals surface area contributed by atoms with Gasteiger partial charge in [-0.3, -0.25) is 4.79 Å². The summed E-state index contributed by atoms with van der Waals surface area (Å²) in [5.41, 5.74) is 0. The fourth-order valence-electron chi connectivity index (χ4n) is 2.07. The molecule has 0 aliphatic carbocycles. The number of aromatic amines is 1. The van der Waals surface area contributed by atoms with Gasteiger partial charge in [-0.15, -0.1) is 21.5 Å². The summed E-state index contributed by atoms with van der Waals surface area (Å²) in [6.07, 6.45) is 2.20. The number of hydrogen-bond donors (Lipinski definition) is 1. The van der Waals surface area contributed by atoms with E-state index in [9.17, 15) is 4.79 Å². The van der Waals surface area contributed by atoms with E-state index in [4.69, 9.17) is 11.6 Å². The van der Waals surface area contributed by atoms with Crippen molar-refractivity contribution in [1.29, 1.82) is 0 Å². The number of likely N-dealkylation sites (N-methyl/N-ethyl adjacent to an activating group) is 1. The molecule has 0 spiro atoms. The lowest BCUT2D eigenvalue weighted by Crippen LogP contribution is -2.36. The number of amides is 1. The van der Waals surface area contributed by atoms with Crippen molar-refractivity contribution in [2.75, 3.05) is 7.05 Å². The molecule has 0 aliphatic rings. The van der Waals surface area contributed by atoms with E-state index in [-0.39, 0.29) is 11.9 Å². The Kier molecular flexibility index (Phi) is 4.04. The highest BCUT2D eigenvalue weighted by molar-refractivity contribution is 7.21. The zero-order chi connectivity index (χ0) is 15.7. The fraction of sp³-hybridized carbons (Fsp3) is 0.308. The zero-order valence-electron chi connectivity index (χ0n) is 11.9. The predicted octanol–water partition coefficient (Wildman–Crippen LogP) is 2.17. The van der Waals surface area contributed by atoms with Gasteiger partial charge in [0.15, 0.2) is 5.82 Å². The lowest BCUT2D eigenvalue weighted by atomic mass is 10.2. The SMILES string of the molecule is CC(Cc1nn[nH]n1)N(C)C(=O)c1sc2ncccc2c1Cl. The van der Waals surface area contributed by atoms with Crippen molar-refractivity contribution in [3.05, 3.63) is 34.1 Å². The van der Waals surface area contributed by atoms with Gasteiger partial charge in [-0.1, -0.05) is 16.8 Å². The molecule has 1 unspecified atom stereocenters. The Morgan fingerprint density at radius 1 is 1.55 bits per heavy atom. The second-order valence-corrected chi connectivity index (χ2v) is 6.28. The maximum absolute atomic E-state index is 12.7. The normalized spacial score (nSPS) is 12.5. The van der Waals surface area contributed by atoms with Crippen LogP contribution in [0.3, 0.4) is 0 Å². The maximum atomic E-state index is 12.7. The Morgan fingerprint density at radius 2 is 2.36 bits per heavy atom.